The Balaban J connectivity index is 0.00000256. The van der Waals surface area contributed by atoms with Crippen molar-refractivity contribution in [1.82, 2.24) is 0 Å². The van der Waals surface area contributed by atoms with E-state index in [9.17, 15) is 19.3 Å². The van der Waals surface area contributed by atoms with Crippen LogP contribution in [0.15, 0.2) is 18.2 Å². The smallest absolute Gasteiger partial charge is 0.327 e. The average molecular weight is 265 g/mol. The van der Waals surface area contributed by atoms with Crippen LogP contribution in [0, 0.1) is 15.9 Å². The highest BCUT2D eigenvalue weighted by atomic mass is 35.5. The van der Waals surface area contributed by atoms with Gasteiger partial charge in [0, 0.05) is 6.07 Å². The maximum atomic E-state index is 13.0. The van der Waals surface area contributed by atoms with Gasteiger partial charge < -0.3 is 10.5 Å². The lowest BCUT2D eigenvalue weighted by Gasteiger charge is -2.09. The van der Waals surface area contributed by atoms with E-state index in [2.05, 4.69) is 4.74 Å². The van der Waals surface area contributed by atoms with E-state index in [0.29, 0.717) is 0 Å². The average Bonchev–Trinajstić information content (AvgIpc) is 2.27. The monoisotopic (exact) mass is 264 g/mol. The molecule has 0 spiro atoms. The summed E-state index contributed by atoms with van der Waals surface area (Å²) in [6.07, 6.45) is 0. The maximum absolute atomic E-state index is 13.0. The first-order chi connectivity index (χ1) is 7.47. The lowest BCUT2D eigenvalue weighted by atomic mass is 10.1. The highest BCUT2D eigenvalue weighted by Crippen LogP contribution is 2.22. The molecule has 0 amide bonds. The van der Waals surface area contributed by atoms with Gasteiger partial charge in [0.05, 0.1) is 12.0 Å². The zero-order valence-electron chi connectivity index (χ0n) is 8.75. The van der Waals surface area contributed by atoms with Crippen LogP contribution in [-0.4, -0.2) is 18.0 Å². The number of rotatable bonds is 3. The van der Waals surface area contributed by atoms with Crippen molar-refractivity contribution in [2.24, 2.45) is 5.73 Å². The minimum Gasteiger partial charge on any atom is -0.468 e. The summed E-state index contributed by atoms with van der Waals surface area (Å²) in [4.78, 5) is 20.6. The predicted molar refractivity (Wildman–Crippen MR) is 59.2 cm³/mol. The largest absolute Gasteiger partial charge is 0.468 e. The van der Waals surface area contributed by atoms with Crippen LogP contribution in [-0.2, 0) is 9.53 Å². The molecule has 6 nitrogen and oxygen atoms in total. The summed E-state index contributed by atoms with van der Waals surface area (Å²) in [5, 5.41) is 10.4. The molecule has 1 aromatic rings. The summed E-state index contributed by atoms with van der Waals surface area (Å²) in [5.41, 5.74) is 4.85. The van der Waals surface area contributed by atoms with Gasteiger partial charge in [-0.15, -0.1) is 12.4 Å². The summed E-state index contributed by atoms with van der Waals surface area (Å²) in [6.45, 7) is 0. The van der Waals surface area contributed by atoms with Gasteiger partial charge in [-0.3, -0.25) is 14.9 Å². The second-order valence-corrected chi connectivity index (χ2v) is 2.97. The van der Waals surface area contributed by atoms with Crippen molar-refractivity contribution >= 4 is 24.1 Å². The molecule has 94 valence electrons. The Morgan fingerprint density at radius 3 is 2.65 bits per heavy atom. The maximum Gasteiger partial charge on any atom is 0.327 e. The fraction of sp³-hybridized carbons (Fsp3) is 0.222. The number of nitrogens with two attached hydrogens (primary N) is 1. The number of benzene rings is 1. The molecule has 1 aromatic carbocycles. The first kappa shape index (κ1) is 15.3. The Morgan fingerprint density at radius 2 is 2.18 bits per heavy atom. The van der Waals surface area contributed by atoms with Crippen LogP contribution < -0.4 is 5.73 Å². The molecule has 8 heteroatoms. The molecule has 0 unspecified atom stereocenters. The molecule has 0 bridgehead atoms. The number of nitrogens with zero attached hydrogens (tertiary/aromatic N) is 1. The molecular weight excluding hydrogens is 255 g/mol. The lowest BCUT2D eigenvalue weighted by molar-refractivity contribution is -0.387. The number of hydrogen-bond acceptors (Lipinski definition) is 5. The number of nitro benzene ring substituents is 1. The van der Waals surface area contributed by atoms with Crippen LogP contribution in [0.4, 0.5) is 10.1 Å². The van der Waals surface area contributed by atoms with E-state index < -0.39 is 28.4 Å². The third kappa shape index (κ3) is 3.36. The quantitative estimate of drug-likeness (QED) is 0.505. The summed E-state index contributed by atoms with van der Waals surface area (Å²) < 4.78 is 17.3. The van der Waals surface area contributed by atoms with E-state index >= 15 is 0 Å². The summed E-state index contributed by atoms with van der Waals surface area (Å²) in [5.74, 6) is -1.73. The van der Waals surface area contributed by atoms with Crippen LogP contribution in [0.5, 0.6) is 0 Å². The topological polar surface area (TPSA) is 95.5 Å². The van der Waals surface area contributed by atoms with Gasteiger partial charge in [0.1, 0.15) is 6.04 Å². The van der Waals surface area contributed by atoms with Gasteiger partial charge >= 0.3 is 11.7 Å². The zero-order chi connectivity index (χ0) is 12.3. The number of halogens is 2. The first-order valence-corrected chi connectivity index (χ1v) is 4.24. The number of nitro groups is 1. The molecule has 0 radical (unpaired) electrons. The third-order valence-electron chi connectivity index (χ3n) is 1.98. The van der Waals surface area contributed by atoms with Gasteiger partial charge in [0.15, 0.2) is 0 Å². The Morgan fingerprint density at radius 1 is 1.59 bits per heavy atom. The lowest BCUT2D eigenvalue weighted by Crippen LogP contribution is -2.22. The third-order valence-corrected chi connectivity index (χ3v) is 1.98. The molecule has 0 aliphatic carbocycles. The molecule has 1 rings (SSSR count). The molecule has 17 heavy (non-hydrogen) atoms. The molecule has 0 aliphatic heterocycles. The molecule has 2 N–H and O–H groups in total. The SMILES string of the molecule is COC(=O)[C@@H](N)c1ccc(F)c([N+](=O)[O-])c1.Cl. The molecule has 0 aliphatic rings. The fourth-order valence-electron chi connectivity index (χ4n) is 1.13. The molecule has 0 heterocycles. The molecule has 0 fully saturated rings. The Labute approximate surface area is 102 Å². The van der Waals surface area contributed by atoms with E-state index in [4.69, 9.17) is 5.73 Å². The van der Waals surface area contributed by atoms with E-state index in [1.165, 1.54) is 6.07 Å². The molecular formula is C9H10ClFN2O4. The number of carbonyl (C=O) groups is 1. The highest BCUT2D eigenvalue weighted by Gasteiger charge is 2.21. The summed E-state index contributed by atoms with van der Waals surface area (Å²) in [7, 11) is 1.14. The summed E-state index contributed by atoms with van der Waals surface area (Å²) in [6, 6.07) is 1.83. The van der Waals surface area contributed by atoms with Gasteiger partial charge in [-0.05, 0) is 11.6 Å². The van der Waals surface area contributed by atoms with E-state index in [-0.39, 0.29) is 18.0 Å². The van der Waals surface area contributed by atoms with Crippen LogP contribution in [0.1, 0.15) is 11.6 Å². The molecule has 1 atom stereocenters. The molecule has 0 saturated heterocycles. The standard InChI is InChI=1S/C9H9FN2O4.ClH/c1-16-9(13)8(11)5-2-3-6(10)7(4-5)12(14)15;/h2-4,8H,11H2,1H3;1H/t8-;/m0./s1. The van der Waals surface area contributed by atoms with E-state index in [0.717, 1.165) is 19.2 Å². The Hall–Kier alpha value is -1.73. The van der Waals surface area contributed by atoms with Crippen molar-refractivity contribution in [2.75, 3.05) is 7.11 Å². The Bertz CT molecular complexity index is 441. The van der Waals surface area contributed by atoms with Crippen molar-refractivity contribution in [2.45, 2.75) is 6.04 Å². The number of esters is 1. The van der Waals surface area contributed by atoms with Crippen LogP contribution in [0.2, 0.25) is 0 Å². The fourth-order valence-corrected chi connectivity index (χ4v) is 1.13. The van der Waals surface area contributed by atoms with Crippen molar-refractivity contribution in [3.8, 4) is 0 Å². The number of hydrogen-bond donors (Lipinski definition) is 1. The second kappa shape index (κ2) is 6.12. The zero-order valence-corrected chi connectivity index (χ0v) is 9.57. The van der Waals surface area contributed by atoms with Crippen molar-refractivity contribution in [1.29, 1.82) is 0 Å². The van der Waals surface area contributed by atoms with Gasteiger partial charge in [-0.2, -0.15) is 4.39 Å². The van der Waals surface area contributed by atoms with Gasteiger partial charge in [-0.25, -0.2) is 0 Å². The van der Waals surface area contributed by atoms with Crippen LogP contribution >= 0.6 is 12.4 Å². The van der Waals surface area contributed by atoms with E-state index in [1.807, 2.05) is 0 Å². The van der Waals surface area contributed by atoms with Crippen molar-refractivity contribution in [3.63, 3.8) is 0 Å². The molecule has 0 saturated carbocycles. The van der Waals surface area contributed by atoms with Gasteiger partial charge in [-0.1, -0.05) is 6.07 Å². The summed E-state index contributed by atoms with van der Waals surface area (Å²) >= 11 is 0. The minimum absolute atomic E-state index is 0. The van der Waals surface area contributed by atoms with Gasteiger partial charge in [0.2, 0.25) is 5.82 Å². The number of methoxy groups -OCH3 is 1. The minimum atomic E-state index is -1.16. The van der Waals surface area contributed by atoms with Crippen molar-refractivity contribution < 1.29 is 18.8 Å². The number of carbonyl (C=O) groups excluding carboxylic acids is 1. The number of ether oxygens (including phenoxy) is 1. The highest BCUT2D eigenvalue weighted by molar-refractivity contribution is 5.85. The molecule has 0 aromatic heterocycles. The van der Waals surface area contributed by atoms with E-state index in [1.54, 1.807) is 0 Å². The van der Waals surface area contributed by atoms with Crippen molar-refractivity contribution in [3.05, 3.63) is 39.7 Å². The normalized spacial score (nSPS) is 11.2. The first-order valence-electron chi connectivity index (χ1n) is 4.24. The predicted octanol–water partition coefficient (Wildman–Crippen LogP) is 1.33. The second-order valence-electron chi connectivity index (χ2n) is 2.97. The van der Waals surface area contributed by atoms with Crippen LogP contribution in [0.3, 0.4) is 0 Å². The van der Waals surface area contributed by atoms with Gasteiger partial charge in [0.25, 0.3) is 0 Å². The Kier molecular flexibility index (Phi) is 5.49. The van der Waals surface area contributed by atoms with Crippen LogP contribution in [0.25, 0.3) is 0 Å².